The Labute approximate surface area is 225 Å². The Morgan fingerprint density at radius 3 is 2.26 bits per heavy atom. The Morgan fingerprint density at radius 1 is 0.895 bits per heavy atom. The van der Waals surface area contributed by atoms with Crippen molar-refractivity contribution >= 4 is 21.7 Å². The Balaban J connectivity index is 1.66. The maximum atomic E-state index is 13.4. The summed E-state index contributed by atoms with van der Waals surface area (Å²) >= 11 is 0. The van der Waals surface area contributed by atoms with Gasteiger partial charge >= 0.3 is 5.97 Å². The summed E-state index contributed by atoms with van der Waals surface area (Å²) in [5, 5.41) is 8.72. The second-order valence-corrected chi connectivity index (χ2v) is 11.6. The molecule has 3 rings (SSSR count). The second-order valence-electron chi connectivity index (χ2n) is 9.60. The molecule has 0 aromatic heterocycles. The summed E-state index contributed by atoms with van der Waals surface area (Å²) in [6, 6.07) is 21.6. The van der Waals surface area contributed by atoms with Gasteiger partial charge < -0.3 is 14.7 Å². The first-order chi connectivity index (χ1) is 18.0. The molecular weight excluding hydrogens is 502 g/mol. The van der Waals surface area contributed by atoms with Crippen molar-refractivity contribution in [3.8, 4) is 16.9 Å². The van der Waals surface area contributed by atoms with Crippen LogP contribution in [-0.4, -0.2) is 49.2 Å². The number of rotatable bonds is 13. The molecule has 202 valence electrons. The highest BCUT2D eigenvalue weighted by molar-refractivity contribution is 7.90. The number of hydrogen-bond donors (Lipinski definition) is 1. The first-order valence-corrected chi connectivity index (χ1v) is 14.6. The molecule has 7 nitrogen and oxygen atoms in total. The highest BCUT2D eigenvalue weighted by atomic mass is 32.2. The molecule has 0 bridgehead atoms. The van der Waals surface area contributed by atoms with E-state index < -0.39 is 15.8 Å². The van der Waals surface area contributed by atoms with Crippen LogP contribution in [0.3, 0.4) is 0 Å². The van der Waals surface area contributed by atoms with Gasteiger partial charge in [-0.1, -0.05) is 36.4 Å². The summed E-state index contributed by atoms with van der Waals surface area (Å²) in [6.45, 7) is 4.88. The fourth-order valence-corrected chi connectivity index (χ4v) is 4.71. The molecule has 8 heteroatoms. The van der Waals surface area contributed by atoms with Crippen molar-refractivity contribution in [2.24, 2.45) is 0 Å². The fraction of sp³-hybridized carbons (Fsp3) is 0.333. The van der Waals surface area contributed by atoms with Gasteiger partial charge in [-0.2, -0.15) is 0 Å². The van der Waals surface area contributed by atoms with E-state index in [1.165, 1.54) is 6.26 Å². The van der Waals surface area contributed by atoms with Crippen molar-refractivity contribution < 1.29 is 27.9 Å². The van der Waals surface area contributed by atoms with Gasteiger partial charge in [0.2, 0.25) is 0 Å². The smallest absolute Gasteiger partial charge is 0.303 e. The minimum absolute atomic E-state index is 0.0348. The van der Waals surface area contributed by atoms with Crippen molar-refractivity contribution in [3.05, 3.63) is 83.9 Å². The lowest BCUT2D eigenvalue weighted by Crippen LogP contribution is -2.36. The van der Waals surface area contributed by atoms with Gasteiger partial charge in [-0.05, 0) is 86.2 Å². The molecule has 0 unspecified atom stereocenters. The van der Waals surface area contributed by atoms with Gasteiger partial charge in [0.15, 0.2) is 9.84 Å². The molecule has 0 saturated carbocycles. The number of hydrogen-bond acceptors (Lipinski definition) is 5. The van der Waals surface area contributed by atoms with E-state index in [0.29, 0.717) is 25.1 Å². The van der Waals surface area contributed by atoms with E-state index in [2.05, 4.69) is 0 Å². The summed E-state index contributed by atoms with van der Waals surface area (Å²) < 4.78 is 29.6. The molecule has 0 saturated heterocycles. The quantitative estimate of drug-likeness (QED) is 0.275. The topological polar surface area (TPSA) is 101 Å². The number of aliphatic carboxylic acids is 1. The standard InChI is InChI=1S/C30H35NO6S/c1-22(2)31(21-23-9-7-11-27(19-23)37-18-6-4-5-13-29(32)33)30(34)25-16-14-24(15-17-25)26-10-8-12-28(20-26)38(3,35)36/h7-12,14-17,19-20,22H,4-6,13,18,21H2,1-3H3,(H,32,33). The van der Waals surface area contributed by atoms with Crippen molar-refractivity contribution in [2.75, 3.05) is 12.9 Å². The Bertz CT molecular complexity index is 1350. The minimum Gasteiger partial charge on any atom is -0.494 e. The zero-order valence-electron chi connectivity index (χ0n) is 22.1. The van der Waals surface area contributed by atoms with Crippen LogP contribution in [0, 0.1) is 0 Å². The summed E-state index contributed by atoms with van der Waals surface area (Å²) in [5.41, 5.74) is 3.10. The number of carboxylic acids is 1. The molecule has 1 N–H and O–H groups in total. The van der Waals surface area contributed by atoms with Gasteiger partial charge in [-0.3, -0.25) is 9.59 Å². The molecule has 0 radical (unpaired) electrons. The molecule has 3 aromatic carbocycles. The van der Waals surface area contributed by atoms with Gasteiger partial charge in [0.05, 0.1) is 11.5 Å². The largest absolute Gasteiger partial charge is 0.494 e. The number of amides is 1. The number of carbonyl (C=O) groups is 2. The monoisotopic (exact) mass is 537 g/mol. The third-order valence-electron chi connectivity index (χ3n) is 6.17. The zero-order valence-corrected chi connectivity index (χ0v) is 22.9. The van der Waals surface area contributed by atoms with Crippen molar-refractivity contribution in [2.45, 2.75) is 57.0 Å². The van der Waals surface area contributed by atoms with Gasteiger partial charge in [-0.25, -0.2) is 8.42 Å². The number of ether oxygens (including phenoxy) is 1. The molecule has 0 aliphatic carbocycles. The number of carbonyl (C=O) groups excluding carboxylic acids is 1. The molecule has 3 aromatic rings. The third kappa shape index (κ3) is 8.45. The van der Waals surface area contributed by atoms with E-state index in [9.17, 15) is 18.0 Å². The Kier molecular flexibility index (Phi) is 10.1. The van der Waals surface area contributed by atoms with Gasteiger partial charge in [0.1, 0.15) is 5.75 Å². The van der Waals surface area contributed by atoms with Crippen LogP contribution in [0.1, 0.15) is 55.5 Å². The molecule has 0 aliphatic heterocycles. The van der Waals surface area contributed by atoms with E-state index in [4.69, 9.17) is 9.84 Å². The van der Waals surface area contributed by atoms with Crippen LogP contribution >= 0.6 is 0 Å². The minimum atomic E-state index is -3.31. The fourth-order valence-electron chi connectivity index (χ4n) is 4.04. The first kappa shape index (κ1) is 28.9. The number of sulfone groups is 1. The van der Waals surface area contributed by atoms with E-state index >= 15 is 0 Å². The van der Waals surface area contributed by atoms with Crippen LogP contribution < -0.4 is 4.74 Å². The van der Waals surface area contributed by atoms with Gasteiger partial charge in [-0.15, -0.1) is 0 Å². The van der Waals surface area contributed by atoms with E-state index in [-0.39, 0.29) is 23.3 Å². The Morgan fingerprint density at radius 2 is 1.61 bits per heavy atom. The number of nitrogens with zero attached hydrogens (tertiary/aromatic N) is 1. The zero-order chi connectivity index (χ0) is 27.7. The second kappa shape index (κ2) is 13.2. The Hall–Kier alpha value is -3.65. The number of unbranched alkanes of at least 4 members (excludes halogenated alkanes) is 2. The van der Waals surface area contributed by atoms with Crippen LogP contribution in [0.15, 0.2) is 77.7 Å². The molecular formula is C30H35NO6S. The first-order valence-electron chi connectivity index (χ1n) is 12.7. The molecule has 0 aliphatic rings. The molecule has 0 heterocycles. The lowest BCUT2D eigenvalue weighted by Gasteiger charge is -2.27. The summed E-state index contributed by atoms with van der Waals surface area (Å²) in [4.78, 5) is 26.1. The van der Waals surface area contributed by atoms with Crippen molar-refractivity contribution in [3.63, 3.8) is 0 Å². The molecule has 0 spiro atoms. The number of benzene rings is 3. The van der Waals surface area contributed by atoms with Gasteiger partial charge in [0.25, 0.3) is 5.91 Å². The highest BCUT2D eigenvalue weighted by Gasteiger charge is 2.20. The number of carboxylic acid groups (broad SMARTS) is 1. The molecule has 0 fully saturated rings. The SMILES string of the molecule is CC(C)N(Cc1cccc(OCCCCCC(=O)O)c1)C(=O)c1ccc(-c2cccc(S(C)(=O)=O)c2)cc1. The van der Waals surface area contributed by atoms with Crippen molar-refractivity contribution in [1.29, 1.82) is 0 Å². The van der Waals surface area contributed by atoms with E-state index in [1.807, 2.05) is 56.3 Å². The third-order valence-corrected chi connectivity index (χ3v) is 7.28. The van der Waals surface area contributed by atoms with Crippen LogP contribution in [0.5, 0.6) is 5.75 Å². The summed E-state index contributed by atoms with van der Waals surface area (Å²) in [5.74, 6) is -0.156. The van der Waals surface area contributed by atoms with Crippen LogP contribution in [0.4, 0.5) is 0 Å². The molecule has 38 heavy (non-hydrogen) atoms. The van der Waals surface area contributed by atoms with E-state index in [1.54, 1.807) is 35.2 Å². The maximum absolute atomic E-state index is 13.4. The highest BCUT2D eigenvalue weighted by Crippen LogP contribution is 2.24. The van der Waals surface area contributed by atoms with Crippen LogP contribution in [-0.2, 0) is 21.2 Å². The summed E-state index contributed by atoms with van der Waals surface area (Å²) in [7, 11) is -3.31. The van der Waals surface area contributed by atoms with Crippen LogP contribution in [0.2, 0.25) is 0 Å². The van der Waals surface area contributed by atoms with E-state index in [0.717, 1.165) is 35.3 Å². The average molecular weight is 538 g/mol. The average Bonchev–Trinajstić information content (AvgIpc) is 2.88. The molecule has 0 atom stereocenters. The van der Waals surface area contributed by atoms with Gasteiger partial charge in [0, 0.05) is 30.8 Å². The van der Waals surface area contributed by atoms with Crippen LogP contribution in [0.25, 0.3) is 11.1 Å². The van der Waals surface area contributed by atoms with Crippen molar-refractivity contribution in [1.82, 2.24) is 4.90 Å². The summed E-state index contributed by atoms with van der Waals surface area (Å²) in [6.07, 6.45) is 3.57. The lowest BCUT2D eigenvalue weighted by molar-refractivity contribution is -0.137. The lowest BCUT2D eigenvalue weighted by atomic mass is 10.0. The predicted octanol–water partition coefficient (Wildman–Crippen LogP) is 5.83. The molecule has 1 amide bonds. The predicted molar refractivity (Wildman–Crippen MR) is 148 cm³/mol. The maximum Gasteiger partial charge on any atom is 0.303 e. The normalized spacial score (nSPS) is 11.4.